The Morgan fingerprint density at radius 3 is 2.41 bits per heavy atom. The van der Waals surface area contributed by atoms with Gasteiger partial charge in [-0.1, -0.05) is 44.2 Å². The van der Waals surface area contributed by atoms with Crippen LogP contribution in [0.5, 0.6) is 23.1 Å². The highest BCUT2D eigenvalue weighted by molar-refractivity contribution is 7.09. The van der Waals surface area contributed by atoms with Crippen molar-refractivity contribution in [3.63, 3.8) is 0 Å². The second-order valence-electron chi connectivity index (χ2n) is 13.2. The molecular formula is C34H46N4O7S. The summed E-state index contributed by atoms with van der Waals surface area (Å²) >= 11 is 0.970. The second-order valence-corrected chi connectivity index (χ2v) is 14.3. The molecule has 11 nitrogen and oxygen atoms in total. The summed E-state index contributed by atoms with van der Waals surface area (Å²) in [5, 5.41) is 23.3. The summed E-state index contributed by atoms with van der Waals surface area (Å²) in [5.74, 6) is 0.866. The van der Waals surface area contributed by atoms with E-state index in [1.165, 1.54) is 0 Å². The lowest BCUT2D eigenvalue weighted by Crippen LogP contribution is -2.55. The molecule has 0 saturated carbocycles. The number of hydrogen-bond acceptors (Lipinski definition) is 9. The molecule has 2 heterocycles. The maximum atomic E-state index is 14.2. The molecular weight excluding hydrogens is 608 g/mol. The number of nitrogens with one attached hydrogen (secondary N) is 2. The number of benzene rings is 2. The molecule has 4 rings (SSSR count). The van der Waals surface area contributed by atoms with Gasteiger partial charge in [0, 0.05) is 31.5 Å². The van der Waals surface area contributed by atoms with E-state index in [1.54, 1.807) is 24.0 Å². The number of nitrogens with zero attached hydrogens (tertiary/aromatic N) is 1. The van der Waals surface area contributed by atoms with Crippen LogP contribution in [0.4, 0.5) is 0 Å². The number of carbonyl (C=O) groups excluding carboxylic acids is 2. The first-order valence-electron chi connectivity index (χ1n) is 15.5. The lowest BCUT2D eigenvalue weighted by molar-refractivity contribution is -0.149. The van der Waals surface area contributed by atoms with Crippen LogP contribution in [0.1, 0.15) is 66.8 Å². The number of phenols is 1. The molecule has 2 atom stereocenters. The van der Waals surface area contributed by atoms with Crippen molar-refractivity contribution in [1.82, 2.24) is 15.2 Å². The molecule has 2 aromatic carbocycles. The summed E-state index contributed by atoms with van der Waals surface area (Å²) in [4.78, 5) is 42.6. The minimum atomic E-state index is -1.16. The Balaban J connectivity index is 1.46. The second kappa shape index (κ2) is 13.8. The minimum Gasteiger partial charge on any atom is -0.507 e. The summed E-state index contributed by atoms with van der Waals surface area (Å²) in [6.45, 7) is 13.9. The topological polar surface area (TPSA) is 167 Å². The Morgan fingerprint density at radius 1 is 1.13 bits per heavy atom. The zero-order valence-corrected chi connectivity index (χ0v) is 28.5. The van der Waals surface area contributed by atoms with Gasteiger partial charge in [0.1, 0.15) is 23.9 Å². The number of phenolic OH excluding ortho intramolecular Hbond substituents is 1. The molecule has 2 amide bonds. The Labute approximate surface area is 273 Å². The average molecular weight is 655 g/mol. The fraction of sp³-hybridized carbons (Fsp3) is 0.500. The van der Waals surface area contributed by atoms with Crippen LogP contribution in [-0.2, 0) is 22.4 Å². The van der Waals surface area contributed by atoms with Crippen molar-refractivity contribution in [2.45, 2.75) is 79.4 Å². The largest absolute Gasteiger partial charge is 0.507 e. The number of H-pyrrole nitrogens is 1. The molecule has 250 valence electrons. The van der Waals surface area contributed by atoms with Crippen LogP contribution in [0.15, 0.2) is 29.1 Å². The summed E-state index contributed by atoms with van der Waals surface area (Å²) in [6.07, 6.45) is 1.40. The van der Waals surface area contributed by atoms with Gasteiger partial charge >= 0.3 is 4.87 Å². The van der Waals surface area contributed by atoms with Gasteiger partial charge < -0.3 is 35.6 Å². The van der Waals surface area contributed by atoms with E-state index in [0.29, 0.717) is 35.6 Å². The zero-order chi connectivity index (χ0) is 34.0. The molecule has 6 N–H and O–H groups in total. The van der Waals surface area contributed by atoms with E-state index in [4.69, 9.17) is 15.2 Å². The minimum absolute atomic E-state index is 0.116. The van der Waals surface area contributed by atoms with Crippen molar-refractivity contribution in [1.29, 1.82) is 0 Å². The number of nitrogens with two attached hydrogens (primary N) is 1. The summed E-state index contributed by atoms with van der Waals surface area (Å²) < 4.78 is 12.5. The fourth-order valence-electron chi connectivity index (χ4n) is 5.50. The van der Waals surface area contributed by atoms with E-state index in [2.05, 4.69) is 10.3 Å². The molecule has 1 aliphatic rings. The molecule has 3 aromatic rings. The maximum Gasteiger partial charge on any atom is 0.307 e. The van der Waals surface area contributed by atoms with Gasteiger partial charge in [-0.15, -0.1) is 0 Å². The van der Waals surface area contributed by atoms with E-state index in [0.717, 1.165) is 39.2 Å². The normalized spacial score (nSPS) is 16.7. The molecule has 0 spiro atoms. The van der Waals surface area contributed by atoms with Crippen molar-refractivity contribution in [3.05, 3.63) is 66.6 Å². The number of fused-ring (bicyclic) bond motifs is 1. The monoisotopic (exact) mass is 654 g/mol. The fourth-order valence-corrected chi connectivity index (χ4v) is 6.26. The molecule has 1 unspecified atom stereocenters. The van der Waals surface area contributed by atoms with Gasteiger partial charge in [0.15, 0.2) is 5.60 Å². The third kappa shape index (κ3) is 7.67. The van der Waals surface area contributed by atoms with Gasteiger partial charge in [-0.25, -0.2) is 0 Å². The number of thiazole rings is 1. The molecule has 0 fully saturated rings. The van der Waals surface area contributed by atoms with Crippen LogP contribution in [0.25, 0.3) is 0 Å². The number of carbonyl (C=O) groups is 2. The molecule has 0 aliphatic carbocycles. The molecule has 1 aliphatic heterocycles. The van der Waals surface area contributed by atoms with Gasteiger partial charge in [0.25, 0.3) is 5.91 Å². The van der Waals surface area contributed by atoms with Crippen molar-refractivity contribution in [2.75, 3.05) is 26.2 Å². The molecule has 0 bridgehead atoms. The Morgan fingerprint density at radius 2 is 1.80 bits per heavy atom. The maximum absolute atomic E-state index is 14.2. The molecule has 0 radical (unpaired) electrons. The lowest BCUT2D eigenvalue weighted by atomic mass is 9.86. The van der Waals surface area contributed by atoms with Crippen LogP contribution in [0, 0.1) is 26.2 Å². The predicted molar refractivity (Wildman–Crippen MR) is 178 cm³/mol. The molecule has 46 heavy (non-hydrogen) atoms. The first kappa shape index (κ1) is 34.8. The predicted octanol–water partition coefficient (Wildman–Crippen LogP) is 3.84. The highest BCUT2D eigenvalue weighted by Crippen LogP contribution is 2.43. The van der Waals surface area contributed by atoms with Crippen molar-refractivity contribution in [2.24, 2.45) is 11.1 Å². The number of aromatic amines is 1. The van der Waals surface area contributed by atoms with E-state index in [9.17, 15) is 24.6 Å². The van der Waals surface area contributed by atoms with Crippen LogP contribution in [0.3, 0.4) is 0 Å². The number of hydrogen-bond donors (Lipinski definition) is 5. The van der Waals surface area contributed by atoms with Crippen LogP contribution in [0.2, 0.25) is 0 Å². The number of aromatic hydroxyl groups is 2. The quantitative estimate of drug-likeness (QED) is 0.208. The van der Waals surface area contributed by atoms with E-state index in [-0.39, 0.29) is 54.6 Å². The molecule has 12 heteroatoms. The average Bonchev–Trinajstić information content (AvgIpc) is 3.33. The lowest BCUT2D eigenvalue weighted by Gasteiger charge is -2.39. The SMILES string of the molecule is Cc1c(C)c2c(c(C)c1O)CCC(C)(C(=O)N(CCNC(=O)[C@@H](N)C(C)(C)C)CCOc1ccc(Cc3sc(=O)[nH]c3O)cc1)O2. The summed E-state index contributed by atoms with van der Waals surface area (Å²) in [5.41, 5.74) is 8.67. The number of ether oxygens (including phenoxy) is 2. The van der Waals surface area contributed by atoms with Gasteiger partial charge in [-0.3, -0.25) is 19.4 Å². The van der Waals surface area contributed by atoms with Gasteiger partial charge in [0.2, 0.25) is 11.8 Å². The van der Waals surface area contributed by atoms with E-state index < -0.39 is 17.1 Å². The third-order valence-electron chi connectivity index (χ3n) is 8.77. The first-order valence-corrected chi connectivity index (χ1v) is 16.3. The summed E-state index contributed by atoms with van der Waals surface area (Å²) in [6, 6.07) is 6.61. The first-order chi connectivity index (χ1) is 21.5. The van der Waals surface area contributed by atoms with Crippen LogP contribution >= 0.6 is 11.3 Å². The van der Waals surface area contributed by atoms with E-state index >= 15 is 0 Å². The molecule has 1 aromatic heterocycles. The van der Waals surface area contributed by atoms with Crippen molar-refractivity contribution in [3.8, 4) is 23.1 Å². The smallest absolute Gasteiger partial charge is 0.307 e. The number of aromatic nitrogens is 1. The van der Waals surface area contributed by atoms with Gasteiger partial charge in [0.05, 0.1) is 17.5 Å². The van der Waals surface area contributed by atoms with Crippen LogP contribution in [-0.4, -0.2) is 69.8 Å². The van der Waals surface area contributed by atoms with Gasteiger partial charge in [-0.05, 0) is 73.9 Å². The number of rotatable bonds is 11. The zero-order valence-electron chi connectivity index (χ0n) is 27.7. The number of amides is 2. The molecule has 0 saturated heterocycles. The van der Waals surface area contributed by atoms with Crippen molar-refractivity contribution >= 4 is 23.2 Å². The van der Waals surface area contributed by atoms with Crippen LogP contribution < -0.4 is 25.4 Å². The standard InChI is InChI=1S/C34H46N4O7S/c1-19-20(2)27-24(21(3)26(19)39)12-13-34(7,45-27)31(42)38(15-14-36-30(41)28(35)33(4,5)6)16-17-44-23-10-8-22(9-11-23)18-25-29(40)37-32(43)46-25/h8-11,28,39-40H,12-18,35H2,1-7H3,(H,36,41)(H,37,43)/t28-,34?/m1/s1. The highest BCUT2D eigenvalue weighted by atomic mass is 32.1. The highest BCUT2D eigenvalue weighted by Gasteiger charge is 2.43. The Bertz CT molecular complexity index is 1640. The summed E-state index contributed by atoms with van der Waals surface area (Å²) in [7, 11) is 0. The third-order valence-corrected chi connectivity index (χ3v) is 9.65. The Hall–Kier alpha value is -4.03. The Kier molecular flexibility index (Phi) is 10.4. The van der Waals surface area contributed by atoms with E-state index in [1.807, 2.05) is 53.7 Å². The van der Waals surface area contributed by atoms with Gasteiger partial charge in [-0.2, -0.15) is 0 Å². The van der Waals surface area contributed by atoms with Crippen molar-refractivity contribution < 1.29 is 29.3 Å².